The molecule has 220 valence electrons. The van der Waals surface area contributed by atoms with E-state index in [1.165, 1.54) is 55.3 Å². The van der Waals surface area contributed by atoms with E-state index in [4.69, 9.17) is 14.2 Å². The molecule has 1 aliphatic rings. The number of hydrogen-bond donors (Lipinski definition) is 1. The molecular weight excluding hydrogens is 502 g/mol. The zero-order chi connectivity index (χ0) is 28.7. The van der Waals surface area contributed by atoms with Crippen LogP contribution in [0.15, 0.2) is 36.4 Å². The summed E-state index contributed by atoms with van der Waals surface area (Å²) in [6, 6.07) is 10.3. The van der Waals surface area contributed by atoms with Crippen LogP contribution in [0.4, 0.5) is 5.69 Å². The van der Waals surface area contributed by atoms with Crippen molar-refractivity contribution in [2.75, 3.05) is 51.9 Å². The standard InChI is InChI=1S/C33H49N3O4/c1-6-7-8-9-10-11-12-13-22-40-33-30(38-4)24-28(25-31(33)39-5)15-17-32(37)34-36-20-18-35(19-21-36)29-16-14-26(2)27(3)23-29/h14-17,23-25H,6-13,18-22H2,1-5H3,(H,34,37)/b17-15+. The average molecular weight is 552 g/mol. The highest BCUT2D eigenvalue weighted by Crippen LogP contribution is 2.39. The first-order valence-electron chi connectivity index (χ1n) is 14.9. The first-order chi connectivity index (χ1) is 19.4. The van der Waals surface area contributed by atoms with Crippen molar-refractivity contribution in [2.45, 2.75) is 72.1 Å². The van der Waals surface area contributed by atoms with Gasteiger partial charge in [0.2, 0.25) is 5.75 Å². The average Bonchev–Trinajstić information content (AvgIpc) is 2.97. The van der Waals surface area contributed by atoms with E-state index in [0.717, 1.165) is 44.6 Å². The summed E-state index contributed by atoms with van der Waals surface area (Å²) in [4.78, 5) is 15.0. The highest BCUT2D eigenvalue weighted by atomic mass is 16.5. The van der Waals surface area contributed by atoms with Crippen molar-refractivity contribution in [3.8, 4) is 17.2 Å². The SMILES string of the molecule is CCCCCCCCCCOc1c(OC)cc(/C=C/C(=O)NN2CCN(c3ccc(C)c(C)c3)CC2)cc1OC. The van der Waals surface area contributed by atoms with E-state index in [9.17, 15) is 4.79 Å². The normalized spacial score (nSPS) is 14.0. The third-order valence-corrected chi connectivity index (χ3v) is 7.56. The minimum atomic E-state index is -0.160. The molecule has 7 nitrogen and oxygen atoms in total. The number of nitrogens with one attached hydrogen (secondary N) is 1. The van der Waals surface area contributed by atoms with Gasteiger partial charge in [-0.3, -0.25) is 10.2 Å². The Hall–Kier alpha value is -3.19. The Bertz CT molecular complexity index is 1070. The van der Waals surface area contributed by atoms with Crippen LogP contribution in [0.25, 0.3) is 6.08 Å². The van der Waals surface area contributed by atoms with Crippen molar-refractivity contribution in [1.29, 1.82) is 0 Å². The maximum atomic E-state index is 12.7. The van der Waals surface area contributed by atoms with Crippen LogP contribution < -0.4 is 24.5 Å². The second kappa shape index (κ2) is 16.8. The number of hydrazine groups is 1. The number of nitrogens with zero attached hydrogens (tertiary/aromatic N) is 2. The number of anilines is 1. The van der Waals surface area contributed by atoms with Gasteiger partial charge in [0, 0.05) is 37.9 Å². The Kier molecular flexibility index (Phi) is 13.2. The van der Waals surface area contributed by atoms with Crippen molar-refractivity contribution in [2.24, 2.45) is 0 Å². The van der Waals surface area contributed by atoms with Crippen LogP contribution in [0, 0.1) is 13.8 Å². The van der Waals surface area contributed by atoms with E-state index >= 15 is 0 Å². The lowest BCUT2D eigenvalue weighted by molar-refractivity contribution is -0.121. The number of hydrogen-bond acceptors (Lipinski definition) is 6. The molecule has 0 atom stereocenters. The lowest BCUT2D eigenvalue weighted by atomic mass is 10.1. The molecule has 0 bridgehead atoms. The van der Waals surface area contributed by atoms with E-state index < -0.39 is 0 Å². The molecule has 7 heteroatoms. The van der Waals surface area contributed by atoms with Crippen LogP contribution in [0.2, 0.25) is 0 Å². The molecule has 1 amide bonds. The van der Waals surface area contributed by atoms with Crippen LogP contribution in [-0.2, 0) is 4.79 Å². The number of aryl methyl sites for hydroxylation is 2. The Balaban J connectivity index is 1.47. The predicted molar refractivity (Wildman–Crippen MR) is 165 cm³/mol. The number of piperazine rings is 1. The van der Waals surface area contributed by atoms with Gasteiger partial charge < -0.3 is 19.1 Å². The maximum absolute atomic E-state index is 12.7. The van der Waals surface area contributed by atoms with Gasteiger partial charge in [-0.15, -0.1) is 0 Å². The molecule has 0 aromatic heterocycles. The van der Waals surface area contributed by atoms with Crippen LogP contribution in [0.3, 0.4) is 0 Å². The molecular formula is C33H49N3O4. The molecule has 0 radical (unpaired) electrons. The number of methoxy groups -OCH3 is 2. The van der Waals surface area contributed by atoms with Gasteiger partial charge in [-0.1, -0.05) is 57.9 Å². The second-order valence-corrected chi connectivity index (χ2v) is 10.6. The summed E-state index contributed by atoms with van der Waals surface area (Å²) < 4.78 is 17.3. The van der Waals surface area contributed by atoms with E-state index in [1.807, 2.05) is 17.1 Å². The van der Waals surface area contributed by atoms with Crippen LogP contribution in [0.5, 0.6) is 17.2 Å². The third-order valence-electron chi connectivity index (χ3n) is 7.56. The van der Waals surface area contributed by atoms with Gasteiger partial charge in [0.25, 0.3) is 5.91 Å². The van der Waals surface area contributed by atoms with E-state index in [-0.39, 0.29) is 5.91 Å². The fraction of sp³-hybridized carbons (Fsp3) is 0.545. The summed E-state index contributed by atoms with van der Waals surface area (Å²) in [5.74, 6) is 1.65. The van der Waals surface area contributed by atoms with Crippen molar-refractivity contribution >= 4 is 17.7 Å². The third kappa shape index (κ3) is 9.77. The number of benzene rings is 2. The molecule has 2 aromatic carbocycles. The molecule has 1 fully saturated rings. The number of carbonyl (C=O) groups is 1. The number of rotatable bonds is 16. The number of unbranched alkanes of at least 4 members (excludes halogenated alkanes) is 7. The maximum Gasteiger partial charge on any atom is 0.258 e. The molecule has 0 aliphatic carbocycles. The molecule has 2 aromatic rings. The molecule has 0 unspecified atom stereocenters. The Morgan fingerprint density at radius 3 is 2.08 bits per heavy atom. The first kappa shape index (κ1) is 31.3. The van der Waals surface area contributed by atoms with Crippen LogP contribution >= 0.6 is 0 Å². The van der Waals surface area contributed by atoms with Crippen molar-refractivity contribution in [1.82, 2.24) is 10.4 Å². The molecule has 1 aliphatic heterocycles. The highest BCUT2D eigenvalue weighted by molar-refractivity contribution is 5.91. The Morgan fingerprint density at radius 1 is 0.850 bits per heavy atom. The second-order valence-electron chi connectivity index (χ2n) is 10.6. The monoisotopic (exact) mass is 551 g/mol. The largest absolute Gasteiger partial charge is 0.493 e. The summed E-state index contributed by atoms with van der Waals surface area (Å²) >= 11 is 0. The van der Waals surface area contributed by atoms with E-state index in [1.54, 1.807) is 26.4 Å². The van der Waals surface area contributed by atoms with E-state index in [0.29, 0.717) is 23.9 Å². The van der Waals surface area contributed by atoms with Crippen molar-refractivity contribution < 1.29 is 19.0 Å². The summed E-state index contributed by atoms with van der Waals surface area (Å²) in [6.45, 7) is 10.4. The van der Waals surface area contributed by atoms with Gasteiger partial charge in [0.15, 0.2) is 11.5 Å². The fourth-order valence-electron chi connectivity index (χ4n) is 4.91. The van der Waals surface area contributed by atoms with Crippen LogP contribution in [0.1, 0.15) is 75.0 Å². The molecule has 1 N–H and O–H groups in total. The van der Waals surface area contributed by atoms with Gasteiger partial charge in [0.05, 0.1) is 20.8 Å². The van der Waals surface area contributed by atoms with Crippen molar-refractivity contribution in [3.63, 3.8) is 0 Å². The minimum absolute atomic E-state index is 0.160. The van der Waals surface area contributed by atoms with Gasteiger partial charge >= 0.3 is 0 Å². The number of amides is 1. The van der Waals surface area contributed by atoms with Crippen molar-refractivity contribution in [3.05, 3.63) is 53.1 Å². The van der Waals surface area contributed by atoms with Gasteiger partial charge in [-0.05, 0) is 67.3 Å². The number of ether oxygens (including phenoxy) is 3. The predicted octanol–water partition coefficient (Wildman–Crippen LogP) is 6.71. The van der Waals surface area contributed by atoms with Crippen LogP contribution in [-0.4, -0.2) is 57.9 Å². The number of carbonyl (C=O) groups excluding carboxylic acids is 1. The topological polar surface area (TPSA) is 63.3 Å². The highest BCUT2D eigenvalue weighted by Gasteiger charge is 2.19. The summed E-state index contributed by atoms with van der Waals surface area (Å²) in [5, 5.41) is 1.98. The molecule has 0 spiro atoms. The molecule has 3 rings (SSSR count). The first-order valence-corrected chi connectivity index (χ1v) is 14.9. The quantitative estimate of drug-likeness (QED) is 0.185. The molecule has 1 saturated heterocycles. The van der Waals surface area contributed by atoms with Gasteiger partial charge in [-0.25, -0.2) is 5.01 Å². The van der Waals surface area contributed by atoms with E-state index in [2.05, 4.69) is 49.3 Å². The van der Waals surface area contributed by atoms with Gasteiger partial charge in [0.1, 0.15) is 0 Å². The molecule has 0 saturated carbocycles. The fourth-order valence-corrected chi connectivity index (χ4v) is 4.91. The van der Waals surface area contributed by atoms with Gasteiger partial charge in [-0.2, -0.15) is 0 Å². The smallest absolute Gasteiger partial charge is 0.258 e. The molecule has 1 heterocycles. The summed E-state index contributed by atoms with van der Waals surface area (Å²) in [7, 11) is 3.24. The lowest BCUT2D eigenvalue weighted by Crippen LogP contribution is -2.53. The summed E-state index contributed by atoms with van der Waals surface area (Å²) in [5.41, 5.74) is 7.65. The zero-order valence-electron chi connectivity index (χ0n) is 25.3. The lowest BCUT2D eigenvalue weighted by Gasteiger charge is -2.36. The Morgan fingerprint density at radius 2 is 1.48 bits per heavy atom. The summed E-state index contributed by atoms with van der Waals surface area (Å²) in [6.07, 6.45) is 13.3. The zero-order valence-corrected chi connectivity index (χ0v) is 25.3. The minimum Gasteiger partial charge on any atom is -0.493 e. The molecule has 40 heavy (non-hydrogen) atoms. The Labute approximate surface area is 241 Å².